The van der Waals surface area contributed by atoms with Gasteiger partial charge in [-0.3, -0.25) is 0 Å². The molecule has 0 aromatic carbocycles. The zero-order valence-corrected chi connectivity index (χ0v) is 7.61. The van der Waals surface area contributed by atoms with Crippen LogP contribution >= 0.6 is 23.2 Å². The third-order valence-electron chi connectivity index (χ3n) is 1.78. The van der Waals surface area contributed by atoms with Gasteiger partial charge in [-0.25, -0.2) is 0 Å². The lowest BCUT2D eigenvalue weighted by Crippen LogP contribution is -2.37. The molecule has 6 heteroatoms. The van der Waals surface area contributed by atoms with E-state index in [0.717, 1.165) is 0 Å². The van der Waals surface area contributed by atoms with Gasteiger partial charge in [0, 0.05) is 5.88 Å². The van der Waals surface area contributed by atoms with E-state index in [1.165, 1.54) is 0 Å². The predicted octanol–water partition coefficient (Wildman–Crippen LogP) is -0.728. The zero-order valence-electron chi connectivity index (χ0n) is 6.10. The Kier molecular flexibility index (Phi) is 3.58. The normalized spacial score (nSPS) is 44.8. The summed E-state index contributed by atoms with van der Waals surface area (Å²) in [6.45, 7) is 0. The van der Waals surface area contributed by atoms with Gasteiger partial charge in [-0.05, 0) is 0 Å². The number of hydrogen-bond acceptors (Lipinski definition) is 4. The van der Waals surface area contributed by atoms with Crippen LogP contribution in [0.25, 0.3) is 0 Å². The van der Waals surface area contributed by atoms with E-state index in [9.17, 15) is 5.11 Å². The standard InChI is InChI=1S/C6H10Cl2O4/c7-1-2(8)5-3(9)4(10)6(11)12-5/h2-6,9-11H,1H2/t2-,3-,4+,5+,6-/m0/s1. The van der Waals surface area contributed by atoms with Crippen LogP contribution in [-0.2, 0) is 4.74 Å². The van der Waals surface area contributed by atoms with Gasteiger partial charge >= 0.3 is 0 Å². The van der Waals surface area contributed by atoms with Crippen molar-refractivity contribution >= 4 is 23.2 Å². The molecule has 0 saturated carbocycles. The second-order valence-corrected chi connectivity index (χ2v) is 3.51. The maximum atomic E-state index is 9.25. The number of halogens is 2. The molecule has 0 spiro atoms. The number of alkyl halides is 2. The summed E-state index contributed by atoms with van der Waals surface area (Å²) in [5, 5.41) is 26.6. The Balaban J connectivity index is 2.58. The maximum Gasteiger partial charge on any atom is 0.184 e. The molecular formula is C6H10Cl2O4. The highest BCUT2D eigenvalue weighted by Crippen LogP contribution is 2.25. The first-order valence-electron chi connectivity index (χ1n) is 3.47. The molecule has 72 valence electrons. The summed E-state index contributed by atoms with van der Waals surface area (Å²) in [4.78, 5) is 0. The van der Waals surface area contributed by atoms with Gasteiger partial charge in [0.05, 0.1) is 5.38 Å². The molecule has 1 fully saturated rings. The molecule has 0 bridgehead atoms. The highest BCUT2D eigenvalue weighted by atomic mass is 35.5. The van der Waals surface area contributed by atoms with E-state index >= 15 is 0 Å². The average Bonchev–Trinajstić information content (AvgIpc) is 2.32. The molecule has 12 heavy (non-hydrogen) atoms. The fraction of sp³-hybridized carbons (Fsp3) is 1.00. The largest absolute Gasteiger partial charge is 0.387 e. The van der Waals surface area contributed by atoms with E-state index in [4.69, 9.17) is 38.2 Å². The highest BCUT2D eigenvalue weighted by molar-refractivity contribution is 6.28. The van der Waals surface area contributed by atoms with Crippen molar-refractivity contribution in [2.24, 2.45) is 0 Å². The molecule has 0 radical (unpaired) electrons. The molecule has 0 aromatic rings. The Morgan fingerprint density at radius 2 is 1.83 bits per heavy atom. The van der Waals surface area contributed by atoms with Crippen molar-refractivity contribution in [1.82, 2.24) is 0 Å². The summed E-state index contributed by atoms with van der Waals surface area (Å²) in [5.41, 5.74) is 0. The predicted molar refractivity (Wildman–Crippen MR) is 43.3 cm³/mol. The van der Waals surface area contributed by atoms with Crippen LogP contribution in [0.5, 0.6) is 0 Å². The number of hydrogen-bond donors (Lipinski definition) is 3. The number of aliphatic hydroxyl groups excluding tert-OH is 3. The van der Waals surface area contributed by atoms with Crippen LogP contribution in [0.3, 0.4) is 0 Å². The Hall–Kier alpha value is 0.420. The summed E-state index contributed by atoms with van der Waals surface area (Å²) in [6.07, 6.45) is -4.68. The number of rotatable bonds is 2. The van der Waals surface area contributed by atoms with E-state index in [-0.39, 0.29) is 5.88 Å². The molecule has 1 aliphatic rings. The lowest BCUT2D eigenvalue weighted by Gasteiger charge is -2.17. The van der Waals surface area contributed by atoms with Crippen molar-refractivity contribution in [3.8, 4) is 0 Å². The molecule has 1 rings (SSSR count). The Morgan fingerprint density at radius 3 is 2.17 bits per heavy atom. The fourth-order valence-corrected chi connectivity index (χ4v) is 1.46. The summed E-state index contributed by atoms with van der Waals surface area (Å²) >= 11 is 11.1. The molecule has 1 heterocycles. The molecule has 0 unspecified atom stereocenters. The van der Waals surface area contributed by atoms with Crippen molar-refractivity contribution in [1.29, 1.82) is 0 Å². The quantitative estimate of drug-likeness (QED) is 0.533. The summed E-state index contributed by atoms with van der Waals surface area (Å²) in [5.74, 6) is 0.0860. The van der Waals surface area contributed by atoms with Gasteiger partial charge < -0.3 is 20.1 Å². The zero-order chi connectivity index (χ0) is 9.30. The molecule has 4 nitrogen and oxygen atoms in total. The van der Waals surface area contributed by atoms with Crippen molar-refractivity contribution in [2.45, 2.75) is 30.0 Å². The van der Waals surface area contributed by atoms with E-state index < -0.39 is 30.0 Å². The van der Waals surface area contributed by atoms with Gasteiger partial charge in [-0.1, -0.05) is 0 Å². The van der Waals surface area contributed by atoms with Crippen LogP contribution in [0.2, 0.25) is 0 Å². The fourth-order valence-electron chi connectivity index (χ4n) is 1.07. The lowest BCUT2D eigenvalue weighted by atomic mass is 10.1. The van der Waals surface area contributed by atoms with E-state index in [0.29, 0.717) is 0 Å². The van der Waals surface area contributed by atoms with E-state index in [1.807, 2.05) is 0 Å². The van der Waals surface area contributed by atoms with Gasteiger partial charge in [0.1, 0.15) is 18.3 Å². The monoisotopic (exact) mass is 216 g/mol. The first kappa shape index (κ1) is 10.5. The average molecular weight is 217 g/mol. The van der Waals surface area contributed by atoms with Crippen LogP contribution in [0.1, 0.15) is 0 Å². The minimum absolute atomic E-state index is 0.0860. The highest BCUT2D eigenvalue weighted by Gasteiger charge is 2.44. The van der Waals surface area contributed by atoms with Crippen LogP contribution in [0.15, 0.2) is 0 Å². The molecular weight excluding hydrogens is 207 g/mol. The van der Waals surface area contributed by atoms with Crippen LogP contribution in [0.4, 0.5) is 0 Å². The Morgan fingerprint density at radius 1 is 1.25 bits per heavy atom. The van der Waals surface area contributed by atoms with Crippen molar-refractivity contribution in [3.63, 3.8) is 0 Å². The molecule has 1 saturated heterocycles. The molecule has 0 amide bonds. The first-order chi connectivity index (χ1) is 5.57. The number of aliphatic hydroxyl groups is 3. The first-order valence-corrected chi connectivity index (χ1v) is 4.44. The van der Waals surface area contributed by atoms with Crippen LogP contribution in [-0.4, -0.2) is 51.2 Å². The number of ether oxygens (including phenoxy) is 1. The minimum atomic E-state index is -1.38. The molecule has 0 aromatic heterocycles. The van der Waals surface area contributed by atoms with Gasteiger partial charge in [0.25, 0.3) is 0 Å². The van der Waals surface area contributed by atoms with Crippen molar-refractivity contribution in [3.05, 3.63) is 0 Å². The van der Waals surface area contributed by atoms with Gasteiger partial charge in [0.2, 0.25) is 0 Å². The van der Waals surface area contributed by atoms with Crippen LogP contribution in [0, 0.1) is 0 Å². The van der Waals surface area contributed by atoms with Crippen molar-refractivity contribution in [2.75, 3.05) is 5.88 Å². The van der Waals surface area contributed by atoms with Crippen LogP contribution < -0.4 is 0 Å². The molecule has 3 N–H and O–H groups in total. The maximum absolute atomic E-state index is 9.25. The van der Waals surface area contributed by atoms with E-state index in [1.54, 1.807) is 0 Å². The second kappa shape index (κ2) is 4.09. The molecule has 0 aliphatic carbocycles. The Bertz CT molecular complexity index is 156. The SMILES string of the molecule is O[C@@H]1[C@H](O)[C@@H]([C@@H](Cl)CCl)O[C@@H]1O. The van der Waals surface area contributed by atoms with Gasteiger partial charge in [-0.15, -0.1) is 23.2 Å². The summed E-state index contributed by atoms with van der Waals surface area (Å²) in [6, 6.07) is 0. The Labute approximate surface area is 79.7 Å². The third-order valence-corrected chi connectivity index (χ3v) is 2.67. The molecule has 1 aliphatic heterocycles. The smallest absolute Gasteiger partial charge is 0.184 e. The summed E-state index contributed by atoms with van der Waals surface area (Å²) < 4.78 is 4.78. The lowest BCUT2D eigenvalue weighted by molar-refractivity contribution is -0.126. The second-order valence-electron chi connectivity index (χ2n) is 2.64. The summed E-state index contributed by atoms with van der Waals surface area (Å²) in [7, 11) is 0. The topological polar surface area (TPSA) is 69.9 Å². The minimum Gasteiger partial charge on any atom is -0.387 e. The van der Waals surface area contributed by atoms with Gasteiger partial charge in [-0.2, -0.15) is 0 Å². The van der Waals surface area contributed by atoms with Gasteiger partial charge in [0.15, 0.2) is 6.29 Å². The molecule has 5 atom stereocenters. The van der Waals surface area contributed by atoms with Crippen molar-refractivity contribution < 1.29 is 20.1 Å². The third kappa shape index (κ3) is 1.84. The van der Waals surface area contributed by atoms with E-state index in [2.05, 4.69) is 0 Å².